The van der Waals surface area contributed by atoms with Crippen LogP contribution >= 0.6 is 0 Å². The van der Waals surface area contributed by atoms with Gasteiger partial charge in [0.1, 0.15) is 6.10 Å². The van der Waals surface area contributed by atoms with Crippen molar-refractivity contribution in [1.29, 1.82) is 0 Å². The van der Waals surface area contributed by atoms with Crippen LogP contribution in [0.3, 0.4) is 0 Å². The highest BCUT2D eigenvalue weighted by Gasteiger charge is 2.44. The molecule has 6 nitrogen and oxygen atoms in total. The second-order valence-corrected chi connectivity index (χ2v) is 9.71. The summed E-state index contributed by atoms with van der Waals surface area (Å²) in [6, 6.07) is 16.0. The topological polar surface area (TPSA) is 60.9 Å². The van der Waals surface area contributed by atoms with Gasteiger partial charge in [-0.3, -0.25) is 14.7 Å². The molecule has 4 aliphatic heterocycles. The standard InChI is InChI=1S/C28H30N2O4/c1-2-19-16-30-12-10-20(19)15-24(30)28(22-9-11-29-23-6-4-3-5-21(22)23)34-27(31)14-18-7-8-25-26(13-18)33-17-32-25/h3-9,11,13,19-20,24,28H,2,10,12,14-17H2,1H3/t19-,20-,24+,28-/m0/s1. The molecule has 4 aliphatic rings. The number of aromatic nitrogens is 1. The van der Waals surface area contributed by atoms with E-state index in [4.69, 9.17) is 14.2 Å². The summed E-state index contributed by atoms with van der Waals surface area (Å²) in [6.07, 6.45) is 5.22. The van der Waals surface area contributed by atoms with Gasteiger partial charge in [0.05, 0.1) is 18.0 Å². The smallest absolute Gasteiger partial charge is 0.310 e. The number of piperidine rings is 3. The number of fused-ring (bicyclic) bond motifs is 5. The number of pyridine rings is 1. The molecule has 3 saturated heterocycles. The first-order valence-electron chi connectivity index (χ1n) is 12.4. The van der Waals surface area contributed by atoms with Crippen molar-refractivity contribution in [2.45, 2.75) is 44.8 Å². The van der Waals surface area contributed by atoms with E-state index in [9.17, 15) is 4.79 Å². The number of para-hydroxylation sites is 1. The van der Waals surface area contributed by atoms with Crippen molar-refractivity contribution in [3.8, 4) is 11.5 Å². The van der Waals surface area contributed by atoms with Crippen LogP contribution in [0.2, 0.25) is 0 Å². The third kappa shape index (κ3) is 3.90. The van der Waals surface area contributed by atoms with Gasteiger partial charge in [0, 0.05) is 23.7 Å². The lowest BCUT2D eigenvalue weighted by molar-refractivity contribution is -0.157. The van der Waals surface area contributed by atoms with Gasteiger partial charge in [-0.15, -0.1) is 0 Å². The second-order valence-electron chi connectivity index (χ2n) is 9.71. The Morgan fingerprint density at radius 3 is 2.91 bits per heavy atom. The molecule has 34 heavy (non-hydrogen) atoms. The summed E-state index contributed by atoms with van der Waals surface area (Å²) < 4.78 is 17.2. The Morgan fingerprint density at radius 1 is 1.18 bits per heavy atom. The van der Waals surface area contributed by atoms with Crippen molar-refractivity contribution >= 4 is 16.9 Å². The van der Waals surface area contributed by atoms with E-state index in [1.807, 2.05) is 48.7 Å². The average molecular weight is 459 g/mol. The van der Waals surface area contributed by atoms with E-state index in [0.29, 0.717) is 11.7 Å². The van der Waals surface area contributed by atoms with E-state index in [2.05, 4.69) is 22.9 Å². The van der Waals surface area contributed by atoms with E-state index < -0.39 is 0 Å². The number of rotatable bonds is 6. The molecular formula is C28H30N2O4. The number of ether oxygens (including phenoxy) is 3. The number of carbonyl (C=O) groups is 1. The Morgan fingerprint density at radius 2 is 2.06 bits per heavy atom. The third-order valence-corrected chi connectivity index (χ3v) is 7.84. The zero-order chi connectivity index (χ0) is 23.1. The van der Waals surface area contributed by atoms with Crippen molar-refractivity contribution in [2.24, 2.45) is 11.8 Å². The zero-order valence-electron chi connectivity index (χ0n) is 19.5. The van der Waals surface area contributed by atoms with E-state index in [1.165, 1.54) is 12.8 Å². The molecule has 0 aliphatic carbocycles. The highest BCUT2D eigenvalue weighted by Crippen LogP contribution is 2.44. The fraction of sp³-hybridized carbons (Fsp3) is 0.429. The summed E-state index contributed by atoms with van der Waals surface area (Å²) in [7, 11) is 0. The molecule has 0 N–H and O–H groups in total. The molecule has 6 heteroatoms. The van der Waals surface area contributed by atoms with Crippen LogP contribution < -0.4 is 9.47 Å². The molecule has 5 heterocycles. The maximum atomic E-state index is 13.3. The summed E-state index contributed by atoms with van der Waals surface area (Å²) in [5.74, 6) is 2.62. The van der Waals surface area contributed by atoms with Gasteiger partial charge in [0.15, 0.2) is 11.5 Å². The van der Waals surface area contributed by atoms with Crippen LogP contribution in [0, 0.1) is 11.8 Å². The minimum absolute atomic E-state index is 0.188. The van der Waals surface area contributed by atoms with E-state index in [1.54, 1.807) is 0 Å². The Balaban J connectivity index is 1.30. The lowest BCUT2D eigenvalue weighted by atomic mass is 9.72. The van der Waals surface area contributed by atoms with E-state index >= 15 is 0 Å². The summed E-state index contributed by atoms with van der Waals surface area (Å²) in [6.45, 7) is 4.68. The number of esters is 1. The monoisotopic (exact) mass is 458 g/mol. The van der Waals surface area contributed by atoms with E-state index in [-0.39, 0.29) is 31.3 Å². The quantitative estimate of drug-likeness (QED) is 0.489. The van der Waals surface area contributed by atoms with Crippen LogP contribution in [-0.4, -0.2) is 41.8 Å². The predicted molar refractivity (Wildman–Crippen MR) is 129 cm³/mol. The molecule has 3 aromatic rings. The number of hydrogen-bond acceptors (Lipinski definition) is 6. The Labute approximate surface area is 199 Å². The molecular weight excluding hydrogens is 428 g/mol. The molecule has 2 aromatic carbocycles. The Hall–Kier alpha value is -3.12. The number of hydrogen-bond donors (Lipinski definition) is 0. The van der Waals surface area contributed by atoms with Gasteiger partial charge in [-0.25, -0.2) is 0 Å². The molecule has 0 saturated carbocycles. The van der Waals surface area contributed by atoms with Crippen LogP contribution in [0.15, 0.2) is 54.7 Å². The molecule has 1 unspecified atom stereocenters. The maximum absolute atomic E-state index is 13.3. The SMILES string of the molecule is CC[C@H]1CN2CC[C@H]1C[C@@H]2[C@@H](OC(=O)Cc1ccc2c(c1)OCO2)c1ccnc2ccccc12. The lowest BCUT2D eigenvalue weighted by Crippen LogP contribution is -2.55. The maximum Gasteiger partial charge on any atom is 0.310 e. The van der Waals surface area contributed by atoms with Gasteiger partial charge >= 0.3 is 5.97 Å². The van der Waals surface area contributed by atoms with Crippen molar-refractivity contribution in [1.82, 2.24) is 9.88 Å². The van der Waals surface area contributed by atoms with Gasteiger partial charge in [-0.05, 0) is 61.1 Å². The third-order valence-electron chi connectivity index (χ3n) is 7.84. The predicted octanol–water partition coefficient (Wildman–Crippen LogP) is 4.91. The minimum Gasteiger partial charge on any atom is -0.456 e. The van der Waals surface area contributed by atoms with Crippen LogP contribution in [0.4, 0.5) is 0 Å². The fourth-order valence-electron chi connectivity index (χ4n) is 6.07. The first-order chi connectivity index (χ1) is 16.7. The molecule has 176 valence electrons. The average Bonchev–Trinajstić information content (AvgIpc) is 3.35. The first-order valence-corrected chi connectivity index (χ1v) is 12.4. The minimum atomic E-state index is -0.324. The molecule has 7 rings (SSSR count). The van der Waals surface area contributed by atoms with Crippen molar-refractivity contribution in [2.75, 3.05) is 19.9 Å². The lowest BCUT2D eigenvalue weighted by Gasteiger charge is -2.51. The first kappa shape index (κ1) is 21.4. The normalized spacial score (nSPS) is 25.9. The summed E-state index contributed by atoms with van der Waals surface area (Å²) in [5, 5.41) is 1.06. The second kappa shape index (κ2) is 8.91. The van der Waals surface area contributed by atoms with Crippen molar-refractivity contribution in [3.63, 3.8) is 0 Å². The summed E-state index contributed by atoms with van der Waals surface area (Å²) in [5.41, 5.74) is 2.85. The van der Waals surface area contributed by atoms with Gasteiger partial charge in [0.2, 0.25) is 6.79 Å². The number of nitrogens with zero attached hydrogens (tertiary/aromatic N) is 2. The molecule has 3 fully saturated rings. The van der Waals surface area contributed by atoms with E-state index in [0.717, 1.165) is 53.2 Å². The van der Waals surface area contributed by atoms with Gasteiger partial charge in [-0.2, -0.15) is 0 Å². The van der Waals surface area contributed by atoms with Gasteiger partial charge < -0.3 is 14.2 Å². The molecule has 0 radical (unpaired) electrons. The highest BCUT2D eigenvalue weighted by molar-refractivity contribution is 5.83. The Kier molecular flexibility index (Phi) is 5.61. The molecule has 2 bridgehead atoms. The van der Waals surface area contributed by atoms with Crippen molar-refractivity contribution < 1.29 is 19.0 Å². The van der Waals surface area contributed by atoms with Crippen LogP contribution in [0.5, 0.6) is 11.5 Å². The molecule has 5 atom stereocenters. The van der Waals surface area contributed by atoms with Gasteiger partial charge in [-0.1, -0.05) is 37.6 Å². The van der Waals surface area contributed by atoms with Crippen LogP contribution in [0.25, 0.3) is 10.9 Å². The molecule has 0 spiro atoms. The summed E-state index contributed by atoms with van der Waals surface area (Å²) >= 11 is 0. The van der Waals surface area contributed by atoms with Crippen LogP contribution in [0.1, 0.15) is 43.4 Å². The summed E-state index contributed by atoms with van der Waals surface area (Å²) in [4.78, 5) is 20.4. The largest absolute Gasteiger partial charge is 0.456 e. The van der Waals surface area contributed by atoms with Crippen molar-refractivity contribution in [3.05, 3.63) is 65.9 Å². The Bertz CT molecular complexity index is 1210. The van der Waals surface area contributed by atoms with Crippen LogP contribution in [-0.2, 0) is 16.0 Å². The zero-order valence-corrected chi connectivity index (χ0v) is 19.5. The molecule has 0 amide bonds. The molecule has 1 aromatic heterocycles. The van der Waals surface area contributed by atoms with Gasteiger partial charge in [0.25, 0.3) is 0 Å². The number of carbonyl (C=O) groups excluding carboxylic acids is 1. The highest BCUT2D eigenvalue weighted by atomic mass is 16.7. The fourth-order valence-corrected chi connectivity index (χ4v) is 6.07. The number of benzene rings is 2.